The van der Waals surface area contributed by atoms with E-state index in [4.69, 9.17) is 0 Å². The number of carbonyl (C=O) groups is 1. The topological polar surface area (TPSA) is 95.7 Å². The van der Waals surface area contributed by atoms with E-state index in [1.54, 1.807) is 4.90 Å². The molecular formula is C11H13N3O4. The van der Waals surface area contributed by atoms with Crippen LogP contribution in [0.15, 0.2) is 18.2 Å². The minimum Gasteiger partial charge on any atom is -0.505 e. The number of para-hydroxylation sites is 1. The molecule has 0 radical (unpaired) electrons. The van der Waals surface area contributed by atoms with Crippen molar-refractivity contribution in [3.05, 3.63) is 28.3 Å². The van der Waals surface area contributed by atoms with Crippen molar-refractivity contribution in [1.29, 1.82) is 0 Å². The van der Waals surface area contributed by atoms with Crippen molar-refractivity contribution in [2.24, 2.45) is 0 Å². The number of likely N-dealkylation sites (tertiary alicyclic amines) is 1. The Morgan fingerprint density at radius 2 is 2.06 bits per heavy atom. The average molecular weight is 251 g/mol. The molecule has 7 nitrogen and oxygen atoms in total. The maximum Gasteiger partial charge on any atom is 0.322 e. The summed E-state index contributed by atoms with van der Waals surface area (Å²) in [7, 11) is 0. The van der Waals surface area contributed by atoms with E-state index in [-0.39, 0.29) is 17.1 Å². The van der Waals surface area contributed by atoms with Gasteiger partial charge < -0.3 is 10.0 Å². The van der Waals surface area contributed by atoms with E-state index in [2.05, 4.69) is 5.32 Å². The number of hydrogen-bond acceptors (Lipinski definition) is 4. The van der Waals surface area contributed by atoms with Crippen LogP contribution in [0.2, 0.25) is 0 Å². The maximum absolute atomic E-state index is 11.8. The Hall–Kier alpha value is -2.31. The summed E-state index contributed by atoms with van der Waals surface area (Å²) in [6.45, 7) is 1.26. The van der Waals surface area contributed by atoms with Crippen LogP contribution >= 0.6 is 0 Å². The Kier molecular flexibility index (Phi) is 3.31. The third kappa shape index (κ3) is 2.34. The molecule has 96 valence electrons. The van der Waals surface area contributed by atoms with Crippen molar-refractivity contribution in [2.45, 2.75) is 12.8 Å². The van der Waals surface area contributed by atoms with Crippen molar-refractivity contribution in [3.8, 4) is 5.75 Å². The van der Waals surface area contributed by atoms with E-state index in [1.807, 2.05) is 0 Å². The maximum atomic E-state index is 11.8. The third-order valence-corrected chi connectivity index (χ3v) is 2.84. The van der Waals surface area contributed by atoms with Gasteiger partial charge in [-0.3, -0.25) is 15.4 Å². The first-order chi connectivity index (χ1) is 8.59. The minimum absolute atomic E-state index is 0.153. The van der Waals surface area contributed by atoms with Crippen molar-refractivity contribution in [2.75, 3.05) is 18.4 Å². The monoisotopic (exact) mass is 251 g/mol. The Labute approximate surface area is 103 Å². The van der Waals surface area contributed by atoms with Gasteiger partial charge in [0, 0.05) is 19.2 Å². The number of nitrogens with one attached hydrogen (secondary N) is 1. The van der Waals surface area contributed by atoms with Crippen molar-refractivity contribution in [3.63, 3.8) is 0 Å². The van der Waals surface area contributed by atoms with Crippen molar-refractivity contribution >= 4 is 17.4 Å². The van der Waals surface area contributed by atoms with Crippen LogP contribution in [0.4, 0.5) is 16.2 Å². The zero-order valence-electron chi connectivity index (χ0n) is 9.63. The van der Waals surface area contributed by atoms with Gasteiger partial charge in [0.25, 0.3) is 5.69 Å². The minimum atomic E-state index is -0.640. The zero-order valence-corrected chi connectivity index (χ0v) is 9.63. The molecule has 2 amide bonds. The number of aromatic hydroxyl groups is 1. The van der Waals surface area contributed by atoms with Crippen LogP contribution < -0.4 is 5.32 Å². The summed E-state index contributed by atoms with van der Waals surface area (Å²) >= 11 is 0. The summed E-state index contributed by atoms with van der Waals surface area (Å²) in [5.74, 6) is -0.309. The molecule has 1 aliphatic rings. The molecule has 1 heterocycles. The highest BCUT2D eigenvalue weighted by Crippen LogP contribution is 2.33. The number of nitro benzene ring substituents is 1. The summed E-state index contributed by atoms with van der Waals surface area (Å²) in [6, 6.07) is 3.47. The normalized spacial score (nSPS) is 14.6. The first-order valence-corrected chi connectivity index (χ1v) is 5.62. The number of amides is 2. The van der Waals surface area contributed by atoms with Crippen LogP contribution in [0.5, 0.6) is 5.75 Å². The number of hydrogen-bond donors (Lipinski definition) is 2. The molecule has 1 aromatic carbocycles. The predicted octanol–water partition coefficient (Wildman–Crippen LogP) is 1.93. The second-order valence-corrected chi connectivity index (χ2v) is 4.05. The van der Waals surface area contributed by atoms with E-state index in [0.717, 1.165) is 12.8 Å². The smallest absolute Gasteiger partial charge is 0.322 e. The zero-order chi connectivity index (χ0) is 13.1. The van der Waals surface area contributed by atoms with E-state index in [0.29, 0.717) is 13.1 Å². The fraction of sp³-hybridized carbons (Fsp3) is 0.364. The van der Waals surface area contributed by atoms with Gasteiger partial charge in [-0.2, -0.15) is 0 Å². The molecule has 0 spiro atoms. The second-order valence-electron chi connectivity index (χ2n) is 4.05. The van der Waals surface area contributed by atoms with Gasteiger partial charge in [-0.1, -0.05) is 6.07 Å². The summed E-state index contributed by atoms with van der Waals surface area (Å²) < 4.78 is 0. The Balaban J connectivity index is 2.22. The molecule has 0 aromatic heterocycles. The van der Waals surface area contributed by atoms with Gasteiger partial charge in [-0.25, -0.2) is 4.79 Å². The van der Waals surface area contributed by atoms with Crippen LogP contribution in [0.3, 0.4) is 0 Å². The van der Waals surface area contributed by atoms with Crippen LogP contribution in [0.25, 0.3) is 0 Å². The number of carbonyl (C=O) groups excluding carboxylic acids is 1. The number of phenols is 1. The summed E-state index contributed by atoms with van der Waals surface area (Å²) in [5.41, 5.74) is -0.470. The van der Waals surface area contributed by atoms with Gasteiger partial charge in [0.05, 0.1) is 4.92 Å². The molecule has 0 saturated carbocycles. The predicted molar refractivity (Wildman–Crippen MR) is 64.6 cm³/mol. The Morgan fingerprint density at radius 1 is 1.39 bits per heavy atom. The van der Waals surface area contributed by atoms with Crippen LogP contribution in [0, 0.1) is 10.1 Å². The van der Waals surface area contributed by atoms with E-state index < -0.39 is 11.0 Å². The fourth-order valence-electron chi connectivity index (χ4n) is 1.91. The van der Waals surface area contributed by atoms with Crippen LogP contribution in [0.1, 0.15) is 12.8 Å². The largest absolute Gasteiger partial charge is 0.505 e. The van der Waals surface area contributed by atoms with E-state index in [1.165, 1.54) is 18.2 Å². The summed E-state index contributed by atoms with van der Waals surface area (Å²) in [6.07, 6.45) is 1.85. The molecule has 1 aliphatic heterocycles. The SMILES string of the molecule is O=C(Nc1c(O)cccc1[N+](=O)[O-])N1CCCC1. The molecule has 1 saturated heterocycles. The highest BCUT2D eigenvalue weighted by Gasteiger charge is 2.23. The molecule has 1 aromatic rings. The summed E-state index contributed by atoms with van der Waals surface area (Å²) in [5, 5.41) is 22.8. The number of anilines is 1. The van der Waals surface area contributed by atoms with Gasteiger partial charge in [0.15, 0.2) is 5.69 Å². The molecule has 0 atom stereocenters. The molecule has 18 heavy (non-hydrogen) atoms. The van der Waals surface area contributed by atoms with Gasteiger partial charge in [-0.15, -0.1) is 0 Å². The van der Waals surface area contributed by atoms with E-state index in [9.17, 15) is 20.0 Å². The van der Waals surface area contributed by atoms with Crippen LogP contribution in [-0.2, 0) is 0 Å². The second kappa shape index (κ2) is 4.91. The standard InChI is InChI=1S/C11H13N3O4/c15-9-5-3-4-8(14(17)18)10(9)12-11(16)13-6-1-2-7-13/h3-5,15H,1-2,6-7H2,(H,12,16). The first kappa shape index (κ1) is 12.2. The van der Waals surface area contributed by atoms with Gasteiger partial charge in [0.2, 0.25) is 0 Å². The molecule has 1 fully saturated rings. The highest BCUT2D eigenvalue weighted by atomic mass is 16.6. The highest BCUT2D eigenvalue weighted by molar-refractivity contribution is 5.94. The number of phenolic OH excluding ortho intramolecular Hbond substituents is 1. The van der Waals surface area contributed by atoms with Crippen molar-refractivity contribution in [1.82, 2.24) is 4.90 Å². The number of nitrogens with zero attached hydrogens (tertiary/aromatic N) is 2. The van der Waals surface area contributed by atoms with Gasteiger partial charge >= 0.3 is 6.03 Å². The lowest BCUT2D eigenvalue weighted by molar-refractivity contribution is -0.384. The molecule has 7 heteroatoms. The number of urea groups is 1. The average Bonchev–Trinajstić information content (AvgIpc) is 2.85. The van der Waals surface area contributed by atoms with Crippen molar-refractivity contribution < 1.29 is 14.8 Å². The molecule has 2 N–H and O–H groups in total. The van der Waals surface area contributed by atoms with Gasteiger partial charge in [0.1, 0.15) is 5.75 Å². The lowest BCUT2D eigenvalue weighted by Crippen LogP contribution is -2.32. The number of nitro groups is 1. The molecule has 0 unspecified atom stereocenters. The number of benzene rings is 1. The van der Waals surface area contributed by atoms with E-state index >= 15 is 0 Å². The Morgan fingerprint density at radius 3 is 2.67 bits per heavy atom. The summed E-state index contributed by atoms with van der Waals surface area (Å²) in [4.78, 5) is 23.6. The molecule has 0 bridgehead atoms. The Bertz CT molecular complexity index is 483. The number of rotatable bonds is 2. The van der Waals surface area contributed by atoms with Crippen LogP contribution in [-0.4, -0.2) is 34.1 Å². The lowest BCUT2D eigenvalue weighted by Gasteiger charge is -2.16. The quantitative estimate of drug-likeness (QED) is 0.477. The lowest BCUT2D eigenvalue weighted by atomic mass is 10.2. The molecular weight excluding hydrogens is 238 g/mol. The fourth-order valence-corrected chi connectivity index (χ4v) is 1.91. The molecule has 0 aliphatic carbocycles. The first-order valence-electron chi connectivity index (χ1n) is 5.62. The van der Waals surface area contributed by atoms with Gasteiger partial charge in [-0.05, 0) is 18.9 Å². The third-order valence-electron chi connectivity index (χ3n) is 2.84. The molecule has 2 rings (SSSR count).